The van der Waals surface area contributed by atoms with Gasteiger partial charge in [0.2, 0.25) is 15.9 Å². The van der Waals surface area contributed by atoms with Gasteiger partial charge in [-0.05, 0) is 87.1 Å². The van der Waals surface area contributed by atoms with E-state index in [0.717, 1.165) is 10.9 Å². The quantitative estimate of drug-likeness (QED) is 0.0891. The first-order valence-electron chi connectivity index (χ1n) is 18.3. The van der Waals surface area contributed by atoms with Gasteiger partial charge in [-0.2, -0.15) is 0 Å². The largest absolute Gasteiger partial charge is 0.456 e. The summed E-state index contributed by atoms with van der Waals surface area (Å²) in [7, 11) is -4.14. The molecule has 55 heavy (non-hydrogen) atoms. The zero-order valence-electron chi connectivity index (χ0n) is 31.7. The topological polar surface area (TPSA) is 173 Å². The van der Waals surface area contributed by atoms with Crippen molar-refractivity contribution in [3.05, 3.63) is 114 Å². The van der Waals surface area contributed by atoms with E-state index in [1.165, 1.54) is 12.1 Å². The van der Waals surface area contributed by atoms with Crippen LogP contribution in [0.4, 0.5) is 4.79 Å². The molecule has 0 saturated carbocycles. The molecule has 3 amide bonds. The summed E-state index contributed by atoms with van der Waals surface area (Å²) in [6, 6.07) is 25.8. The molecule has 4 aromatic carbocycles. The Morgan fingerprint density at radius 2 is 1.49 bits per heavy atom. The van der Waals surface area contributed by atoms with Gasteiger partial charge < -0.3 is 25.1 Å². The number of Topliss-reactive ketones (excluding diaryl/α,β-unsaturated/α-hetero) is 1. The second-order valence-corrected chi connectivity index (χ2v) is 16.3. The lowest BCUT2D eigenvalue weighted by Gasteiger charge is -2.26. The highest BCUT2D eigenvalue weighted by atomic mass is 32.2. The van der Waals surface area contributed by atoms with Gasteiger partial charge in [0.15, 0.2) is 5.78 Å². The van der Waals surface area contributed by atoms with Gasteiger partial charge in [0.25, 0.3) is 5.91 Å². The van der Waals surface area contributed by atoms with Gasteiger partial charge in [0, 0.05) is 22.9 Å². The van der Waals surface area contributed by atoms with E-state index in [4.69, 9.17) is 9.15 Å². The second-order valence-electron chi connectivity index (χ2n) is 14.5. The smallest absolute Gasteiger partial charge is 0.407 e. The summed E-state index contributed by atoms with van der Waals surface area (Å²) in [5, 5.41) is 9.72. The Labute approximate surface area is 321 Å². The maximum Gasteiger partial charge on any atom is 0.407 e. The molecule has 0 saturated heterocycles. The molecule has 5 aromatic rings. The number of nitrogens with one attached hydrogen (secondary N) is 4. The van der Waals surface area contributed by atoms with Gasteiger partial charge in [-0.1, -0.05) is 80.9 Å². The number of sulfonamides is 1. The maximum absolute atomic E-state index is 13.9. The number of carbonyl (C=O) groups excluding carboxylic acids is 4. The number of hydrogen-bond donors (Lipinski definition) is 4. The minimum atomic E-state index is -4.14. The Bertz CT molecular complexity index is 2260. The third-order valence-electron chi connectivity index (χ3n) is 9.17. The van der Waals surface area contributed by atoms with Crippen molar-refractivity contribution in [1.82, 2.24) is 20.7 Å². The number of hydrogen-bond acceptors (Lipinski definition) is 8. The van der Waals surface area contributed by atoms with Crippen LogP contribution < -0.4 is 20.7 Å². The highest BCUT2D eigenvalue weighted by Crippen LogP contribution is 2.30. The molecule has 1 heterocycles. The first kappa shape index (κ1) is 40.7. The number of benzene rings is 4. The molecular formula is C42H48N4O8S. The van der Waals surface area contributed by atoms with Crippen molar-refractivity contribution in [3.63, 3.8) is 0 Å². The van der Waals surface area contributed by atoms with E-state index in [9.17, 15) is 27.6 Å². The van der Waals surface area contributed by atoms with Gasteiger partial charge in [0.05, 0.1) is 17.5 Å². The predicted molar refractivity (Wildman–Crippen MR) is 211 cm³/mol. The second kappa shape index (κ2) is 17.7. The molecule has 3 atom stereocenters. The maximum atomic E-state index is 13.9. The fourth-order valence-electron chi connectivity index (χ4n) is 6.01. The Balaban J connectivity index is 1.29. The fourth-order valence-corrected chi connectivity index (χ4v) is 7.03. The summed E-state index contributed by atoms with van der Waals surface area (Å²) in [5.41, 5.74) is 2.35. The number of rotatable bonds is 16. The van der Waals surface area contributed by atoms with Crippen molar-refractivity contribution in [1.29, 1.82) is 0 Å². The molecule has 0 spiro atoms. The number of fused-ring (bicyclic) bond motifs is 3. The molecule has 1 unspecified atom stereocenters. The molecule has 0 fully saturated rings. The Morgan fingerprint density at radius 1 is 0.800 bits per heavy atom. The van der Waals surface area contributed by atoms with Crippen molar-refractivity contribution in [2.45, 2.75) is 83.0 Å². The SMILES string of the molecule is CCC(C)[C@H](NC(=O)c1cccc(CNC(=O)OC(C)(C)C)c1)C(=O)N[C@@H](CCc1ccccc1)C(=O)CNS(=O)(=O)c1ccc2oc3ccccc3c2c1. The van der Waals surface area contributed by atoms with Gasteiger partial charge in [0.1, 0.15) is 22.8 Å². The van der Waals surface area contributed by atoms with Crippen molar-refractivity contribution in [2.24, 2.45) is 5.92 Å². The minimum Gasteiger partial charge on any atom is -0.456 e. The molecule has 0 aliphatic heterocycles. The van der Waals surface area contributed by atoms with Crippen LogP contribution in [0, 0.1) is 5.92 Å². The molecule has 1 aromatic heterocycles. The van der Waals surface area contributed by atoms with E-state index in [-0.39, 0.29) is 29.3 Å². The number of para-hydroxylation sites is 1. The van der Waals surface area contributed by atoms with E-state index in [2.05, 4.69) is 20.7 Å². The predicted octanol–water partition coefficient (Wildman–Crippen LogP) is 6.42. The number of ether oxygens (including phenoxy) is 1. The lowest BCUT2D eigenvalue weighted by Crippen LogP contribution is -2.55. The number of alkyl carbamates (subject to hydrolysis) is 1. The number of ketones is 1. The lowest BCUT2D eigenvalue weighted by atomic mass is 9.96. The van der Waals surface area contributed by atoms with Crippen LogP contribution >= 0.6 is 0 Å². The van der Waals surface area contributed by atoms with E-state index in [0.29, 0.717) is 35.0 Å². The van der Waals surface area contributed by atoms with Crippen LogP contribution in [0.5, 0.6) is 0 Å². The summed E-state index contributed by atoms with van der Waals surface area (Å²) in [4.78, 5) is 53.3. The Hall–Kier alpha value is -5.53. The first-order chi connectivity index (χ1) is 26.1. The highest BCUT2D eigenvalue weighted by Gasteiger charge is 2.31. The van der Waals surface area contributed by atoms with Crippen molar-refractivity contribution >= 4 is 55.7 Å². The van der Waals surface area contributed by atoms with E-state index in [1.54, 1.807) is 57.2 Å². The summed E-state index contributed by atoms with van der Waals surface area (Å²) in [6.45, 7) is 8.53. The summed E-state index contributed by atoms with van der Waals surface area (Å²) >= 11 is 0. The highest BCUT2D eigenvalue weighted by molar-refractivity contribution is 7.89. The van der Waals surface area contributed by atoms with Crippen LogP contribution in [0.3, 0.4) is 0 Å². The average molecular weight is 769 g/mol. The number of carbonyl (C=O) groups is 4. The van der Waals surface area contributed by atoms with Crippen molar-refractivity contribution in [3.8, 4) is 0 Å². The number of furan rings is 1. The zero-order chi connectivity index (χ0) is 39.8. The summed E-state index contributed by atoms with van der Waals surface area (Å²) in [6.07, 6.45) is 0.567. The molecule has 0 aliphatic carbocycles. The zero-order valence-corrected chi connectivity index (χ0v) is 32.5. The molecule has 13 heteroatoms. The number of aryl methyl sites for hydroxylation is 1. The number of amides is 3. The van der Waals surface area contributed by atoms with Gasteiger partial charge in [-0.15, -0.1) is 0 Å². The molecule has 0 bridgehead atoms. The normalized spacial score (nSPS) is 13.5. The van der Waals surface area contributed by atoms with Crippen LogP contribution in [-0.4, -0.2) is 56.3 Å². The molecule has 5 rings (SSSR count). The van der Waals surface area contributed by atoms with Crippen molar-refractivity contribution in [2.75, 3.05) is 6.54 Å². The van der Waals surface area contributed by atoms with Crippen molar-refractivity contribution < 1.29 is 36.7 Å². The Morgan fingerprint density at radius 3 is 2.22 bits per heavy atom. The lowest BCUT2D eigenvalue weighted by molar-refractivity contribution is -0.129. The molecular weight excluding hydrogens is 721 g/mol. The fraction of sp³-hybridized carbons (Fsp3) is 0.333. The van der Waals surface area contributed by atoms with Crippen LogP contribution in [0.1, 0.15) is 68.9 Å². The van der Waals surface area contributed by atoms with Crippen LogP contribution in [-0.2, 0) is 37.3 Å². The molecule has 12 nitrogen and oxygen atoms in total. The molecule has 4 N–H and O–H groups in total. The first-order valence-corrected chi connectivity index (χ1v) is 19.8. The summed E-state index contributed by atoms with van der Waals surface area (Å²) < 4.78 is 40.4. The standard InChI is InChI=1S/C42H48N4O8S/c1-6-27(2)38(46-39(48)30-16-12-15-29(23-30)25-43-41(50)54-42(3,4)5)40(49)45-34(21-19-28-13-8-7-9-14-28)35(47)26-44-55(51,52)31-20-22-37-33(24-31)32-17-10-11-18-36(32)53-37/h7-18,20,22-24,27,34,38,44H,6,19,21,25-26H2,1-5H3,(H,43,50)(H,45,49)(H,46,48)/t27?,34-,38-/m0/s1. The summed E-state index contributed by atoms with van der Waals surface area (Å²) in [5.74, 6) is -1.95. The minimum absolute atomic E-state index is 0.0338. The monoisotopic (exact) mass is 768 g/mol. The van der Waals surface area contributed by atoms with Gasteiger partial charge >= 0.3 is 6.09 Å². The Kier molecular flexibility index (Phi) is 13.1. The van der Waals surface area contributed by atoms with Crippen LogP contribution in [0.25, 0.3) is 21.9 Å². The van der Waals surface area contributed by atoms with E-state index in [1.807, 2.05) is 62.4 Å². The van der Waals surface area contributed by atoms with Gasteiger partial charge in [-0.25, -0.2) is 17.9 Å². The van der Waals surface area contributed by atoms with Gasteiger partial charge in [-0.3, -0.25) is 14.4 Å². The van der Waals surface area contributed by atoms with Crippen LogP contribution in [0.2, 0.25) is 0 Å². The van der Waals surface area contributed by atoms with E-state index >= 15 is 0 Å². The third-order valence-corrected chi connectivity index (χ3v) is 10.6. The van der Waals surface area contributed by atoms with E-state index < -0.39 is 57.9 Å². The van der Waals surface area contributed by atoms with Crippen LogP contribution in [0.15, 0.2) is 106 Å². The molecule has 0 aliphatic rings. The average Bonchev–Trinajstić information content (AvgIpc) is 3.54. The molecule has 0 radical (unpaired) electrons. The third kappa shape index (κ3) is 11.0. The molecule has 290 valence electrons.